The number of hydrogen-bond acceptors (Lipinski definition) is 4. The zero-order valence-electron chi connectivity index (χ0n) is 24.2. The number of carbonyl (C=O) groups is 1. The third-order valence-electron chi connectivity index (χ3n) is 8.66. The molecule has 2 heterocycles. The highest BCUT2D eigenvalue weighted by Crippen LogP contribution is 2.25. The van der Waals surface area contributed by atoms with Gasteiger partial charge in [0.2, 0.25) is 0 Å². The molecule has 0 spiro atoms. The highest BCUT2D eigenvalue weighted by molar-refractivity contribution is 5.96. The van der Waals surface area contributed by atoms with E-state index in [1.165, 1.54) is 60.2 Å². The Morgan fingerprint density at radius 1 is 0.805 bits per heavy atom. The molecule has 4 nitrogen and oxygen atoms in total. The summed E-state index contributed by atoms with van der Waals surface area (Å²) in [5, 5.41) is 9.03. The van der Waals surface area contributed by atoms with Gasteiger partial charge in [-0.25, -0.2) is 0 Å². The highest BCUT2D eigenvalue weighted by atomic mass is 35.5. The van der Waals surface area contributed by atoms with Crippen LogP contribution in [-0.2, 0) is 25.9 Å². The number of Topliss-reactive ketones (excluding diaryl/α,β-unsaturated/α-hetero) is 1. The minimum absolute atomic E-state index is 0. The minimum atomic E-state index is 0. The Bertz CT molecular complexity index is 1290. The molecular weight excluding hydrogens is 549 g/mol. The number of aryl methyl sites for hydroxylation is 1. The van der Waals surface area contributed by atoms with Crippen molar-refractivity contribution in [1.29, 1.82) is 5.26 Å². The number of halogens is 2. The average molecular weight is 593 g/mol. The lowest BCUT2D eigenvalue weighted by Crippen LogP contribution is -2.33. The summed E-state index contributed by atoms with van der Waals surface area (Å²) in [5.41, 5.74) is 8.29. The number of nitriles is 1. The van der Waals surface area contributed by atoms with Crippen molar-refractivity contribution >= 4 is 30.6 Å². The molecule has 41 heavy (non-hydrogen) atoms. The molecule has 0 unspecified atom stereocenters. The van der Waals surface area contributed by atoms with Crippen LogP contribution in [-0.4, -0.2) is 41.8 Å². The molecule has 0 amide bonds. The Kier molecular flexibility index (Phi) is 12.9. The van der Waals surface area contributed by atoms with Crippen LogP contribution in [0.5, 0.6) is 0 Å². The van der Waals surface area contributed by atoms with Crippen LogP contribution in [0.4, 0.5) is 0 Å². The van der Waals surface area contributed by atoms with Crippen molar-refractivity contribution in [2.75, 3.05) is 26.2 Å². The molecule has 0 aliphatic carbocycles. The average Bonchev–Trinajstić information content (AvgIpc) is 3.17. The molecule has 0 saturated carbocycles. The van der Waals surface area contributed by atoms with Crippen LogP contribution in [0.2, 0.25) is 0 Å². The van der Waals surface area contributed by atoms with Gasteiger partial charge in [-0.05, 0) is 105 Å². The van der Waals surface area contributed by atoms with E-state index in [4.69, 9.17) is 5.26 Å². The fraction of sp³-hybridized carbons (Fsp3) is 0.429. The van der Waals surface area contributed by atoms with Crippen LogP contribution in [0.15, 0.2) is 66.7 Å². The van der Waals surface area contributed by atoms with Gasteiger partial charge in [-0.15, -0.1) is 24.8 Å². The Hall–Kier alpha value is -2.68. The molecule has 2 aliphatic heterocycles. The first-order valence-corrected chi connectivity index (χ1v) is 14.7. The van der Waals surface area contributed by atoms with Crippen LogP contribution in [0.3, 0.4) is 0 Å². The smallest absolute Gasteiger partial charge is 0.162 e. The standard InChI is InChI=1S/C35H41N3O.2ClH/c1-27-5-7-30(8-6-27)25-37-19-15-28(16-20-37)3-2-4-35(39)34-14-13-32-17-21-38(22-18-33(32)23-34)26-31-11-9-29(24-36)10-12-31;;/h5-14,23,28H,2-4,15-22,25-26H2,1H3;2*1H. The molecule has 0 radical (unpaired) electrons. The lowest BCUT2D eigenvalue weighted by atomic mass is 9.90. The van der Waals surface area contributed by atoms with Crippen molar-refractivity contribution < 1.29 is 4.79 Å². The molecule has 0 atom stereocenters. The molecule has 2 aliphatic rings. The predicted molar refractivity (Wildman–Crippen MR) is 172 cm³/mol. The van der Waals surface area contributed by atoms with E-state index in [1.807, 2.05) is 12.1 Å². The van der Waals surface area contributed by atoms with Crippen molar-refractivity contribution in [2.45, 2.75) is 65.0 Å². The van der Waals surface area contributed by atoms with Gasteiger partial charge >= 0.3 is 0 Å². The second-order valence-corrected chi connectivity index (χ2v) is 11.6. The number of benzene rings is 3. The van der Waals surface area contributed by atoms with Gasteiger partial charge in [-0.1, -0.05) is 54.1 Å². The lowest BCUT2D eigenvalue weighted by Gasteiger charge is -2.32. The summed E-state index contributed by atoms with van der Waals surface area (Å²) in [5.74, 6) is 1.05. The third-order valence-corrected chi connectivity index (χ3v) is 8.66. The van der Waals surface area contributed by atoms with E-state index in [-0.39, 0.29) is 24.8 Å². The zero-order chi connectivity index (χ0) is 27.0. The summed E-state index contributed by atoms with van der Waals surface area (Å²) >= 11 is 0. The maximum absolute atomic E-state index is 13.1. The van der Waals surface area contributed by atoms with Gasteiger partial charge in [-0.3, -0.25) is 14.6 Å². The number of fused-ring (bicyclic) bond motifs is 1. The maximum atomic E-state index is 13.1. The first kappa shape index (κ1) is 32.8. The van der Waals surface area contributed by atoms with Gasteiger partial charge in [0.15, 0.2) is 5.78 Å². The Labute approximate surface area is 258 Å². The second-order valence-electron chi connectivity index (χ2n) is 11.6. The third kappa shape index (κ3) is 9.42. The molecule has 6 heteroatoms. The molecule has 3 aromatic rings. The van der Waals surface area contributed by atoms with Crippen molar-refractivity contribution in [3.8, 4) is 6.07 Å². The predicted octanol–water partition coefficient (Wildman–Crippen LogP) is 7.58. The van der Waals surface area contributed by atoms with Crippen molar-refractivity contribution in [1.82, 2.24) is 9.80 Å². The van der Waals surface area contributed by atoms with Crippen molar-refractivity contribution in [3.05, 3.63) is 106 Å². The second kappa shape index (κ2) is 16.1. The van der Waals surface area contributed by atoms with E-state index in [9.17, 15) is 4.79 Å². The van der Waals surface area contributed by atoms with Gasteiger partial charge in [0.05, 0.1) is 11.6 Å². The molecule has 1 saturated heterocycles. The summed E-state index contributed by atoms with van der Waals surface area (Å²) in [6, 6.07) is 25.4. The maximum Gasteiger partial charge on any atom is 0.162 e. The fourth-order valence-electron chi connectivity index (χ4n) is 6.13. The first-order valence-electron chi connectivity index (χ1n) is 14.7. The van der Waals surface area contributed by atoms with E-state index in [2.05, 4.69) is 77.4 Å². The quantitative estimate of drug-likeness (QED) is 0.241. The van der Waals surface area contributed by atoms with Crippen LogP contribution in [0, 0.1) is 24.2 Å². The van der Waals surface area contributed by atoms with Crippen LogP contribution in [0.1, 0.15) is 75.8 Å². The summed E-state index contributed by atoms with van der Waals surface area (Å²) < 4.78 is 0. The number of likely N-dealkylation sites (tertiary alicyclic amines) is 1. The van der Waals surface area contributed by atoms with Gasteiger partial charge in [0, 0.05) is 38.2 Å². The van der Waals surface area contributed by atoms with Crippen LogP contribution in [0.25, 0.3) is 0 Å². The molecule has 5 rings (SSSR count). The molecule has 0 bridgehead atoms. The molecule has 3 aromatic carbocycles. The Morgan fingerprint density at radius 2 is 1.39 bits per heavy atom. The van der Waals surface area contributed by atoms with Gasteiger partial charge in [-0.2, -0.15) is 5.26 Å². The molecule has 0 N–H and O–H groups in total. The number of carbonyl (C=O) groups excluding carboxylic acids is 1. The first-order chi connectivity index (χ1) is 19.1. The largest absolute Gasteiger partial charge is 0.299 e. The van der Waals surface area contributed by atoms with Gasteiger partial charge < -0.3 is 0 Å². The van der Waals surface area contributed by atoms with Crippen LogP contribution < -0.4 is 0 Å². The number of nitrogens with zero attached hydrogens (tertiary/aromatic N) is 3. The number of ketones is 1. The van der Waals surface area contributed by atoms with Gasteiger partial charge in [0.1, 0.15) is 0 Å². The molecule has 218 valence electrons. The molecular formula is C35H43Cl2N3O. The lowest BCUT2D eigenvalue weighted by molar-refractivity contribution is 0.0974. The number of rotatable bonds is 9. The summed E-state index contributed by atoms with van der Waals surface area (Å²) in [6.07, 6.45) is 7.32. The van der Waals surface area contributed by atoms with E-state index in [0.29, 0.717) is 17.8 Å². The Morgan fingerprint density at radius 3 is 2.02 bits per heavy atom. The molecule has 1 fully saturated rings. The van der Waals surface area contributed by atoms with E-state index >= 15 is 0 Å². The SMILES string of the molecule is Cc1ccc(CN2CCC(CCCC(=O)c3ccc4c(c3)CCN(Cc3ccc(C#N)cc3)CC4)CC2)cc1.Cl.Cl. The number of hydrogen-bond donors (Lipinski definition) is 0. The van der Waals surface area contributed by atoms with Crippen molar-refractivity contribution in [2.24, 2.45) is 5.92 Å². The minimum Gasteiger partial charge on any atom is -0.299 e. The van der Waals surface area contributed by atoms with Gasteiger partial charge in [0.25, 0.3) is 0 Å². The molecule has 0 aromatic heterocycles. The van der Waals surface area contributed by atoms with Crippen molar-refractivity contribution in [3.63, 3.8) is 0 Å². The summed E-state index contributed by atoms with van der Waals surface area (Å²) in [4.78, 5) is 18.1. The topological polar surface area (TPSA) is 47.3 Å². The normalized spacial score (nSPS) is 16.0. The highest BCUT2D eigenvalue weighted by Gasteiger charge is 2.20. The van der Waals surface area contributed by atoms with Crippen LogP contribution >= 0.6 is 24.8 Å². The van der Waals surface area contributed by atoms with E-state index < -0.39 is 0 Å². The van der Waals surface area contributed by atoms with E-state index in [0.717, 1.165) is 56.9 Å². The Balaban J connectivity index is 0.00000231. The summed E-state index contributed by atoms with van der Waals surface area (Å²) in [7, 11) is 0. The monoisotopic (exact) mass is 591 g/mol. The van der Waals surface area contributed by atoms with E-state index in [1.54, 1.807) is 0 Å². The zero-order valence-corrected chi connectivity index (χ0v) is 25.8. The fourth-order valence-corrected chi connectivity index (χ4v) is 6.13. The summed E-state index contributed by atoms with van der Waals surface area (Å²) in [6.45, 7) is 8.44. The number of piperidine rings is 1.